The number of nitrogens with zero attached hydrogens (tertiary/aromatic N) is 3. The summed E-state index contributed by atoms with van der Waals surface area (Å²) in [7, 11) is 0. The Balaban J connectivity index is 2.15. The average molecular weight is 236 g/mol. The van der Waals surface area contributed by atoms with Gasteiger partial charge in [-0.05, 0) is 17.8 Å². The fourth-order valence-electron chi connectivity index (χ4n) is 2.14. The van der Waals surface area contributed by atoms with E-state index in [-0.39, 0.29) is 6.04 Å². The molecule has 2 N–H and O–H groups in total. The van der Waals surface area contributed by atoms with Crippen molar-refractivity contribution in [1.29, 1.82) is 0 Å². The van der Waals surface area contributed by atoms with Gasteiger partial charge in [0.1, 0.15) is 11.6 Å². The molecule has 1 aliphatic rings. The second kappa shape index (κ2) is 4.41. The van der Waals surface area contributed by atoms with Crippen LogP contribution in [0, 0.1) is 11.3 Å². The van der Waals surface area contributed by atoms with E-state index >= 15 is 0 Å². The van der Waals surface area contributed by atoms with E-state index in [1.807, 2.05) is 0 Å². The van der Waals surface area contributed by atoms with Crippen molar-refractivity contribution in [2.24, 2.45) is 17.1 Å². The fraction of sp³-hybridized carbons (Fsp3) is 0.846. The molecule has 4 nitrogen and oxygen atoms in total. The van der Waals surface area contributed by atoms with Crippen molar-refractivity contribution in [3.8, 4) is 0 Å². The predicted molar refractivity (Wildman–Crippen MR) is 68.6 cm³/mol. The standard InChI is InChI=1S/C13H24N4/c1-9(13(2,3)4)7-12-16-15-11-6-5-10(14)8-17(11)12/h9-10H,5-8,14H2,1-4H3. The van der Waals surface area contributed by atoms with Gasteiger partial charge in [0, 0.05) is 25.4 Å². The van der Waals surface area contributed by atoms with Gasteiger partial charge in [-0.15, -0.1) is 10.2 Å². The fourth-order valence-corrected chi connectivity index (χ4v) is 2.14. The molecule has 4 heteroatoms. The van der Waals surface area contributed by atoms with Gasteiger partial charge in [0.05, 0.1) is 0 Å². The zero-order valence-electron chi connectivity index (χ0n) is 11.4. The van der Waals surface area contributed by atoms with Crippen molar-refractivity contribution in [3.05, 3.63) is 11.6 Å². The third kappa shape index (κ3) is 2.68. The maximum atomic E-state index is 6.02. The predicted octanol–water partition coefficient (Wildman–Crippen LogP) is 1.78. The summed E-state index contributed by atoms with van der Waals surface area (Å²) in [6, 6.07) is 0.266. The summed E-state index contributed by atoms with van der Waals surface area (Å²) in [5.41, 5.74) is 6.33. The molecule has 1 aromatic rings. The van der Waals surface area contributed by atoms with Crippen molar-refractivity contribution in [2.75, 3.05) is 0 Å². The normalized spacial score (nSPS) is 22.3. The number of aryl methyl sites for hydroxylation is 1. The van der Waals surface area contributed by atoms with Gasteiger partial charge < -0.3 is 10.3 Å². The summed E-state index contributed by atoms with van der Waals surface area (Å²) in [4.78, 5) is 0. The Kier molecular flexibility index (Phi) is 3.25. The van der Waals surface area contributed by atoms with E-state index in [0.717, 1.165) is 37.5 Å². The summed E-state index contributed by atoms with van der Waals surface area (Å²) in [5, 5.41) is 8.63. The first kappa shape index (κ1) is 12.6. The lowest BCUT2D eigenvalue weighted by Crippen LogP contribution is -2.33. The topological polar surface area (TPSA) is 56.7 Å². The van der Waals surface area contributed by atoms with E-state index in [1.54, 1.807) is 0 Å². The van der Waals surface area contributed by atoms with E-state index in [4.69, 9.17) is 5.73 Å². The highest BCUT2D eigenvalue weighted by atomic mass is 15.3. The highest BCUT2D eigenvalue weighted by molar-refractivity contribution is 5.02. The second-order valence-corrected chi connectivity index (χ2v) is 6.41. The molecular weight excluding hydrogens is 212 g/mol. The second-order valence-electron chi connectivity index (χ2n) is 6.41. The molecule has 0 radical (unpaired) electrons. The molecule has 0 aromatic carbocycles. The van der Waals surface area contributed by atoms with Crippen molar-refractivity contribution >= 4 is 0 Å². The molecule has 2 rings (SSSR count). The minimum absolute atomic E-state index is 0.266. The quantitative estimate of drug-likeness (QED) is 0.851. The van der Waals surface area contributed by atoms with Crippen LogP contribution in [0.2, 0.25) is 0 Å². The molecular formula is C13H24N4. The van der Waals surface area contributed by atoms with Gasteiger partial charge in [0.2, 0.25) is 0 Å². The molecule has 96 valence electrons. The highest BCUT2D eigenvalue weighted by Crippen LogP contribution is 2.28. The molecule has 2 unspecified atom stereocenters. The van der Waals surface area contributed by atoms with E-state index in [1.165, 1.54) is 0 Å². The summed E-state index contributed by atoms with van der Waals surface area (Å²) in [5.74, 6) is 2.81. The van der Waals surface area contributed by atoms with Gasteiger partial charge in [-0.1, -0.05) is 27.7 Å². The van der Waals surface area contributed by atoms with Crippen LogP contribution in [0.3, 0.4) is 0 Å². The zero-order valence-corrected chi connectivity index (χ0v) is 11.4. The molecule has 1 aromatic heterocycles. The Labute approximate surface area is 104 Å². The SMILES string of the molecule is CC(Cc1nnc2n1CC(N)CC2)C(C)(C)C. The lowest BCUT2D eigenvalue weighted by molar-refractivity contribution is 0.253. The van der Waals surface area contributed by atoms with E-state index < -0.39 is 0 Å². The smallest absolute Gasteiger partial charge is 0.133 e. The van der Waals surface area contributed by atoms with Crippen LogP contribution in [0.15, 0.2) is 0 Å². The van der Waals surface area contributed by atoms with Crippen molar-refractivity contribution < 1.29 is 0 Å². The number of fused-ring (bicyclic) bond motifs is 1. The summed E-state index contributed by atoms with van der Waals surface area (Å²) < 4.78 is 2.23. The molecule has 0 fully saturated rings. The first-order chi connectivity index (χ1) is 7.88. The number of hydrogen-bond acceptors (Lipinski definition) is 3. The van der Waals surface area contributed by atoms with Gasteiger partial charge in [-0.2, -0.15) is 0 Å². The lowest BCUT2D eigenvalue weighted by Gasteiger charge is -2.28. The number of aromatic nitrogens is 3. The summed E-state index contributed by atoms with van der Waals surface area (Å²) in [6.07, 6.45) is 2.99. The van der Waals surface area contributed by atoms with Crippen molar-refractivity contribution in [2.45, 2.75) is 59.5 Å². The van der Waals surface area contributed by atoms with Gasteiger partial charge in [-0.25, -0.2) is 0 Å². The van der Waals surface area contributed by atoms with Crippen LogP contribution < -0.4 is 5.73 Å². The monoisotopic (exact) mass is 236 g/mol. The molecule has 2 atom stereocenters. The van der Waals surface area contributed by atoms with Crippen molar-refractivity contribution in [1.82, 2.24) is 14.8 Å². The molecule has 0 saturated carbocycles. The minimum Gasteiger partial charge on any atom is -0.326 e. The van der Waals surface area contributed by atoms with E-state index in [9.17, 15) is 0 Å². The lowest BCUT2D eigenvalue weighted by atomic mass is 9.80. The Hall–Kier alpha value is -0.900. The molecule has 0 aliphatic carbocycles. The highest BCUT2D eigenvalue weighted by Gasteiger charge is 2.25. The first-order valence-electron chi connectivity index (χ1n) is 6.54. The number of hydrogen-bond donors (Lipinski definition) is 1. The average Bonchev–Trinajstić information content (AvgIpc) is 2.60. The van der Waals surface area contributed by atoms with Crippen LogP contribution in [-0.2, 0) is 19.4 Å². The van der Waals surface area contributed by atoms with Crippen LogP contribution in [0.5, 0.6) is 0 Å². The van der Waals surface area contributed by atoms with Crippen LogP contribution >= 0.6 is 0 Å². The Morgan fingerprint density at radius 2 is 2.12 bits per heavy atom. The summed E-state index contributed by atoms with van der Waals surface area (Å²) in [6.45, 7) is 9.99. The van der Waals surface area contributed by atoms with Crippen LogP contribution in [0.1, 0.15) is 45.8 Å². The molecule has 0 spiro atoms. The van der Waals surface area contributed by atoms with E-state index in [2.05, 4.69) is 42.5 Å². The first-order valence-corrected chi connectivity index (χ1v) is 6.54. The zero-order chi connectivity index (χ0) is 12.6. The van der Waals surface area contributed by atoms with Crippen LogP contribution in [-0.4, -0.2) is 20.8 Å². The third-order valence-electron chi connectivity index (χ3n) is 4.03. The Morgan fingerprint density at radius 3 is 2.76 bits per heavy atom. The van der Waals surface area contributed by atoms with Crippen LogP contribution in [0.4, 0.5) is 0 Å². The summed E-state index contributed by atoms with van der Waals surface area (Å²) >= 11 is 0. The Morgan fingerprint density at radius 1 is 1.41 bits per heavy atom. The van der Waals surface area contributed by atoms with E-state index in [0.29, 0.717) is 11.3 Å². The molecule has 0 amide bonds. The molecule has 0 saturated heterocycles. The maximum Gasteiger partial charge on any atom is 0.133 e. The minimum atomic E-state index is 0.266. The number of nitrogens with two attached hydrogens (primary N) is 1. The molecule has 0 bridgehead atoms. The molecule has 2 heterocycles. The third-order valence-corrected chi connectivity index (χ3v) is 4.03. The number of rotatable bonds is 2. The van der Waals surface area contributed by atoms with Gasteiger partial charge in [0.15, 0.2) is 0 Å². The van der Waals surface area contributed by atoms with Gasteiger partial charge in [0.25, 0.3) is 0 Å². The van der Waals surface area contributed by atoms with Crippen LogP contribution in [0.25, 0.3) is 0 Å². The molecule has 17 heavy (non-hydrogen) atoms. The van der Waals surface area contributed by atoms with Gasteiger partial charge >= 0.3 is 0 Å². The maximum absolute atomic E-state index is 6.02. The van der Waals surface area contributed by atoms with Crippen molar-refractivity contribution in [3.63, 3.8) is 0 Å². The van der Waals surface area contributed by atoms with Gasteiger partial charge in [-0.3, -0.25) is 0 Å². The largest absolute Gasteiger partial charge is 0.326 e. The Bertz CT molecular complexity index is 389. The molecule has 1 aliphatic heterocycles.